The van der Waals surface area contributed by atoms with E-state index in [0.717, 1.165) is 16.8 Å². The number of rotatable bonds is 5. The number of amides is 2. The van der Waals surface area contributed by atoms with Crippen LogP contribution >= 0.6 is 0 Å². The third kappa shape index (κ3) is 5.78. The largest absolute Gasteiger partial charge is 0.418 e. The quantitative estimate of drug-likeness (QED) is 0.728. The van der Waals surface area contributed by atoms with E-state index < -0.39 is 28.8 Å². The highest BCUT2D eigenvalue weighted by Crippen LogP contribution is 2.33. The van der Waals surface area contributed by atoms with Gasteiger partial charge in [-0.1, -0.05) is 12.1 Å². The van der Waals surface area contributed by atoms with E-state index in [-0.39, 0.29) is 30.4 Å². The number of likely N-dealkylation sites (N-methyl/N-ethyl adjacent to an activating group) is 1. The zero-order chi connectivity index (χ0) is 24.2. The lowest BCUT2D eigenvalue weighted by Gasteiger charge is -2.22. The molecule has 11 heteroatoms. The number of para-hydroxylation sites is 1. The first-order valence-electron chi connectivity index (χ1n) is 10.7. The topological polar surface area (TPSA) is 87.5 Å². The number of aromatic nitrogens is 2. The number of alkyl halides is 3. The summed E-state index contributed by atoms with van der Waals surface area (Å²) in [6.45, 7) is 5.67. The molecule has 1 aromatic carbocycles. The van der Waals surface area contributed by atoms with Crippen molar-refractivity contribution in [1.82, 2.24) is 24.9 Å². The second kappa shape index (κ2) is 10.2. The molecular formula is C22H26F3N5O3. The minimum atomic E-state index is -4.63. The molecule has 3 rings (SSSR count). The van der Waals surface area contributed by atoms with Crippen molar-refractivity contribution >= 4 is 11.8 Å². The van der Waals surface area contributed by atoms with Gasteiger partial charge in [0.1, 0.15) is 0 Å². The smallest absolute Gasteiger partial charge is 0.355 e. The summed E-state index contributed by atoms with van der Waals surface area (Å²) < 4.78 is 41.5. The monoisotopic (exact) mass is 465 g/mol. The molecule has 2 heterocycles. The van der Waals surface area contributed by atoms with Crippen molar-refractivity contribution in [3.63, 3.8) is 0 Å². The number of halogens is 3. The van der Waals surface area contributed by atoms with Crippen LogP contribution in [0.4, 0.5) is 13.2 Å². The zero-order valence-electron chi connectivity index (χ0n) is 18.5. The van der Waals surface area contributed by atoms with Gasteiger partial charge in [0.15, 0.2) is 5.69 Å². The van der Waals surface area contributed by atoms with Crippen molar-refractivity contribution in [3.05, 3.63) is 57.5 Å². The molecule has 178 valence electrons. The summed E-state index contributed by atoms with van der Waals surface area (Å²) in [5.74, 6) is -0.748. The summed E-state index contributed by atoms with van der Waals surface area (Å²) in [5.41, 5.74) is -2.09. The molecule has 0 bridgehead atoms. The van der Waals surface area contributed by atoms with Crippen molar-refractivity contribution in [2.45, 2.75) is 26.4 Å². The highest BCUT2D eigenvalue weighted by Gasteiger charge is 2.34. The van der Waals surface area contributed by atoms with Crippen LogP contribution in [0.3, 0.4) is 0 Å². The predicted molar refractivity (Wildman–Crippen MR) is 115 cm³/mol. The van der Waals surface area contributed by atoms with Gasteiger partial charge in [0.05, 0.1) is 17.8 Å². The van der Waals surface area contributed by atoms with Crippen LogP contribution in [0, 0.1) is 6.92 Å². The lowest BCUT2D eigenvalue weighted by Crippen LogP contribution is -2.41. The predicted octanol–water partition coefficient (Wildman–Crippen LogP) is 1.84. The summed E-state index contributed by atoms with van der Waals surface area (Å²) in [6, 6.07) is 5.98. The molecule has 1 aliphatic rings. The van der Waals surface area contributed by atoms with Crippen molar-refractivity contribution in [2.24, 2.45) is 0 Å². The Balaban J connectivity index is 1.87. The first kappa shape index (κ1) is 24.4. The molecule has 1 aliphatic heterocycles. The van der Waals surface area contributed by atoms with Crippen molar-refractivity contribution in [2.75, 3.05) is 39.3 Å². The summed E-state index contributed by atoms with van der Waals surface area (Å²) in [4.78, 5) is 40.9. The molecule has 0 aliphatic carbocycles. The number of hydrogen-bond acceptors (Lipinski definition) is 5. The average molecular weight is 465 g/mol. The van der Waals surface area contributed by atoms with Gasteiger partial charge in [-0.15, -0.1) is 0 Å². The van der Waals surface area contributed by atoms with E-state index in [1.807, 2.05) is 11.8 Å². The van der Waals surface area contributed by atoms with Gasteiger partial charge in [-0.25, -0.2) is 4.68 Å². The van der Waals surface area contributed by atoms with Crippen LogP contribution in [0.2, 0.25) is 0 Å². The van der Waals surface area contributed by atoms with E-state index in [0.29, 0.717) is 32.6 Å². The number of carbonyl (C=O) groups excluding carboxylic acids is 2. The fraction of sp³-hybridized carbons (Fsp3) is 0.455. The Morgan fingerprint density at radius 3 is 2.55 bits per heavy atom. The van der Waals surface area contributed by atoms with Gasteiger partial charge in [0.25, 0.3) is 5.91 Å². The number of benzene rings is 1. The van der Waals surface area contributed by atoms with Crippen molar-refractivity contribution in [1.29, 1.82) is 0 Å². The lowest BCUT2D eigenvalue weighted by molar-refractivity contribution is -0.137. The maximum atomic E-state index is 13.5. The molecular weight excluding hydrogens is 439 g/mol. The number of hydrogen-bond donors (Lipinski definition) is 1. The van der Waals surface area contributed by atoms with Crippen LogP contribution in [-0.2, 0) is 11.0 Å². The fourth-order valence-electron chi connectivity index (χ4n) is 3.78. The second-order valence-electron chi connectivity index (χ2n) is 7.80. The Bertz CT molecular complexity index is 1080. The van der Waals surface area contributed by atoms with Crippen LogP contribution < -0.4 is 10.7 Å². The third-order valence-electron chi connectivity index (χ3n) is 5.36. The van der Waals surface area contributed by atoms with Crippen molar-refractivity contribution in [3.8, 4) is 5.69 Å². The molecule has 1 fully saturated rings. The van der Waals surface area contributed by atoms with Gasteiger partial charge in [-0.2, -0.15) is 18.3 Å². The molecule has 0 unspecified atom stereocenters. The molecule has 0 spiro atoms. The Labute approximate surface area is 189 Å². The Kier molecular flexibility index (Phi) is 7.52. The van der Waals surface area contributed by atoms with Crippen LogP contribution in [0.25, 0.3) is 5.69 Å². The van der Waals surface area contributed by atoms with Crippen LogP contribution in [0.1, 0.15) is 35.1 Å². The molecule has 2 amide bonds. The van der Waals surface area contributed by atoms with E-state index in [1.165, 1.54) is 30.0 Å². The van der Waals surface area contributed by atoms with Gasteiger partial charge in [-0.3, -0.25) is 19.3 Å². The van der Waals surface area contributed by atoms with Crippen LogP contribution in [0.15, 0.2) is 35.1 Å². The molecule has 33 heavy (non-hydrogen) atoms. The Morgan fingerprint density at radius 1 is 1.12 bits per heavy atom. The molecule has 1 saturated heterocycles. The minimum absolute atomic E-state index is 0.108. The molecule has 1 aromatic heterocycles. The van der Waals surface area contributed by atoms with E-state index in [1.54, 1.807) is 0 Å². The van der Waals surface area contributed by atoms with E-state index in [9.17, 15) is 27.6 Å². The van der Waals surface area contributed by atoms with Crippen LogP contribution in [-0.4, -0.2) is 70.7 Å². The molecule has 1 N–H and O–H groups in total. The van der Waals surface area contributed by atoms with Gasteiger partial charge < -0.3 is 10.2 Å². The SMILES string of the molecule is CCNC(=O)CN1CCCN(C(=O)c2nn(-c3ccccc3C(F)(F)F)c(C)cc2=O)CC1. The van der Waals surface area contributed by atoms with Crippen LogP contribution in [0.5, 0.6) is 0 Å². The van der Waals surface area contributed by atoms with Gasteiger partial charge in [0.2, 0.25) is 11.3 Å². The van der Waals surface area contributed by atoms with Gasteiger partial charge >= 0.3 is 6.18 Å². The number of nitrogens with zero attached hydrogens (tertiary/aromatic N) is 4. The van der Waals surface area contributed by atoms with Gasteiger partial charge in [0, 0.05) is 44.5 Å². The average Bonchev–Trinajstić information content (AvgIpc) is 2.98. The number of aryl methyl sites for hydroxylation is 1. The van der Waals surface area contributed by atoms with Crippen molar-refractivity contribution < 1.29 is 22.8 Å². The summed E-state index contributed by atoms with van der Waals surface area (Å²) >= 11 is 0. The second-order valence-corrected chi connectivity index (χ2v) is 7.80. The first-order chi connectivity index (χ1) is 15.6. The van der Waals surface area contributed by atoms with E-state index in [4.69, 9.17) is 0 Å². The minimum Gasteiger partial charge on any atom is -0.355 e. The summed E-state index contributed by atoms with van der Waals surface area (Å²) in [6.07, 6.45) is -4.04. The molecule has 2 aromatic rings. The third-order valence-corrected chi connectivity index (χ3v) is 5.36. The zero-order valence-corrected chi connectivity index (χ0v) is 18.5. The van der Waals surface area contributed by atoms with E-state index >= 15 is 0 Å². The van der Waals surface area contributed by atoms with Gasteiger partial charge in [-0.05, 0) is 32.4 Å². The number of nitrogens with one attached hydrogen (secondary N) is 1. The Hall–Kier alpha value is -3.21. The molecule has 8 nitrogen and oxygen atoms in total. The molecule has 0 atom stereocenters. The highest BCUT2D eigenvalue weighted by molar-refractivity contribution is 5.92. The highest BCUT2D eigenvalue weighted by atomic mass is 19.4. The summed E-state index contributed by atoms with van der Waals surface area (Å²) in [7, 11) is 0. The Morgan fingerprint density at radius 2 is 1.85 bits per heavy atom. The lowest BCUT2D eigenvalue weighted by atomic mass is 10.1. The van der Waals surface area contributed by atoms with E-state index in [2.05, 4.69) is 10.4 Å². The normalized spacial score (nSPS) is 15.2. The maximum absolute atomic E-state index is 13.5. The fourth-order valence-corrected chi connectivity index (χ4v) is 3.78. The first-order valence-corrected chi connectivity index (χ1v) is 10.7. The summed E-state index contributed by atoms with van der Waals surface area (Å²) in [5, 5.41) is 6.78. The number of carbonyl (C=O) groups is 2. The molecule has 0 saturated carbocycles. The molecule has 0 radical (unpaired) electrons. The standard InChI is InChI=1S/C22H26F3N5O3/c1-3-26-19(32)14-28-9-6-10-29(12-11-28)21(33)20-18(31)13-15(2)30(27-20)17-8-5-4-7-16(17)22(23,24)25/h4-5,7-8,13H,3,6,9-12,14H2,1-2H3,(H,26,32). The maximum Gasteiger partial charge on any atom is 0.418 e.